The number of ether oxygens (including phenoxy) is 1. The summed E-state index contributed by atoms with van der Waals surface area (Å²) in [6, 6.07) is 6.59. The predicted molar refractivity (Wildman–Crippen MR) is 121 cm³/mol. The van der Waals surface area contributed by atoms with E-state index in [1.165, 1.54) is 11.3 Å². The van der Waals surface area contributed by atoms with Crippen molar-refractivity contribution in [2.75, 3.05) is 33.3 Å². The number of ketones is 1. The monoisotopic (exact) mass is 443 g/mol. The molecule has 8 heteroatoms. The maximum absolute atomic E-state index is 13.5. The summed E-state index contributed by atoms with van der Waals surface area (Å²) < 4.78 is 5.25. The maximum Gasteiger partial charge on any atom is 0.290 e. The van der Waals surface area contributed by atoms with Crippen LogP contribution in [0.3, 0.4) is 0 Å². The van der Waals surface area contributed by atoms with Crippen molar-refractivity contribution in [3.63, 3.8) is 0 Å². The molecule has 0 spiro atoms. The molecule has 166 valence electrons. The first kappa shape index (κ1) is 23.0. The number of amides is 1. The summed E-state index contributed by atoms with van der Waals surface area (Å²) in [6.45, 7) is 10.5. The number of aliphatic hydroxyl groups is 1. The number of likely N-dealkylation sites (N-methyl/N-ethyl adjacent to an activating group) is 1. The first-order valence-corrected chi connectivity index (χ1v) is 11.2. The van der Waals surface area contributed by atoms with Gasteiger partial charge in [0.2, 0.25) is 5.78 Å². The van der Waals surface area contributed by atoms with E-state index in [-0.39, 0.29) is 11.4 Å². The molecule has 0 saturated carbocycles. The van der Waals surface area contributed by atoms with Crippen molar-refractivity contribution in [3.8, 4) is 5.75 Å². The minimum absolute atomic E-state index is 0.112. The van der Waals surface area contributed by atoms with Crippen molar-refractivity contribution < 1.29 is 19.4 Å². The summed E-state index contributed by atoms with van der Waals surface area (Å²) in [5.74, 6) is -0.663. The van der Waals surface area contributed by atoms with Crippen LogP contribution in [0.15, 0.2) is 35.6 Å². The molecular formula is C23H29N3O4S. The zero-order chi connectivity index (χ0) is 22.7. The number of nitrogens with zero attached hydrogens (tertiary/aromatic N) is 3. The van der Waals surface area contributed by atoms with Crippen molar-refractivity contribution in [1.29, 1.82) is 0 Å². The lowest BCUT2D eigenvalue weighted by atomic mass is 9.95. The second kappa shape index (κ2) is 9.62. The molecule has 1 aromatic heterocycles. The van der Waals surface area contributed by atoms with Gasteiger partial charge < -0.3 is 19.6 Å². The van der Waals surface area contributed by atoms with Crippen molar-refractivity contribution in [2.24, 2.45) is 0 Å². The Morgan fingerprint density at radius 1 is 1.23 bits per heavy atom. The predicted octanol–water partition coefficient (Wildman–Crippen LogP) is 3.69. The van der Waals surface area contributed by atoms with E-state index < -0.39 is 17.7 Å². The molecule has 0 aliphatic carbocycles. The summed E-state index contributed by atoms with van der Waals surface area (Å²) in [4.78, 5) is 35.1. The van der Waals surface area contributed by atoms with Crippen LogP contribution >= 0.6 is 11.3 Å². The van der Waals surface area contributed by atoms with Crippen LogP contribution in [-0.2, 0) is 4.79 Å². The minimum atomic E-state index is -0.664. The third kappa shape index (κ3) is 4.50. The van der Waals surface area contributed by atoms with E-state index in [4.69, 9.17) is 4.74 Å². The van der Waals surface area contributed by atoms with Gasteiger partial charge in [0.25, 0.3) is 5.91 Å². The highest BCUT2D eigenvalue weighted by Gasteiger charge is 2.44. The molecule has 0 fully saturated rings. The van der Waals surface area contributed by atoms with Crippen LogP contribution in [0.4, 0.5) is 0 Å². The molecule has 0 radical (unpaired) electrons. The van der Waals surface area contributed by atoms with Gasteiger partial charge in [-0.2, -0.15) is 0 Å². The molecule has 1 atom stereocenters. The van der Waals surface area contributed by atoms with E-state index >= 15 is 0 Å². The lowest BCUT2D eigenvalue weighted by Crippen LogP contribution is -2.38. The summed E-state index contributed by atoms with van der Waals surface area (Å²) in [7, 11) is 1.58. The number of aromatic nitrogens is 1. The summed E-state index contributed by atoms with van der Waals surface area (Å²) in [6.07, 6.45) is 0. The SMILES string of the molecule is CCN(CC)CCN1C(=O)C(O)=C(C(=O)c2sc(C)nc2C)[C@@H]1c1ccc(OC)cc1. The van der Waals surface area contributed by atoms with Gasteiger partial charge in [0, 0.05) is 13.1 Å². The van der Waals surface area contributed by atoms with Crippen LogP contribution < -0.4 is 4.74 Å². The largest absolute Gasteiger partial charge is 0.503 e. The third-order valence-electron chi connectivity index (χ3n) is 5.64. The Hall–Kier alpha value is -2.71. The van der Waals surface area contributed by atoms with Crippen LogP contribution in [0.2, 0.25) is 0 Å². The number of benzene rings is 1. The number of carbonyl (C=O) groups is 2. The fraction of sp³-hybridized carbons (Fsp3) is 0.435. The Morgan fingerprint density at radius 3 is 2.39 bits per heavy atom. The number of thiazole rings is 1. The van der Waals surface area contributed by atoms with Gasteiger partial charge in [0.15, 0.2) is 5.76 Å². The standard InChI is InChI=1S/C23H29N3O4S/c1-6-25(7-2)12-13-26-19(16-8-10-17(30-5)11-9-16)18(21(28)23(26)29)20(27)22-14(3)24-15(4)31-22/h8-11,19,28H,6-7,12-13H2,1-5H3/t19-/m0/s1. The molecule has 1 aliphatic heterocycles. The number of aliphatic hydroxyl groups excluding tert-OH is 1. The molecular weight excluding hydrogens is 414 g/mol. The molecule has 0 saturated heterocycles. The first-order chi connectivity index (χ1) is 14.8. The second-order valence-electron chi connectivity index (χ2n) is 7.44. The number of Topliss-reactive ketones (excluding diaryl/α,β-unsaturated/α-hetero) is 1. The van der Waals surface area contributed by atoms with E-state index in [0.29, 0.717) is 29.4 Å². The lowest BCUT2D eigenvalue weighted by Gasteiger charge is -2.29. The molecule has 1 N–H and O–H groups in total. The molecule has 0 bridgehead atoms. The number of hydrogen-bond acceptors (Lipinski definition) is 7. The number of aryl methyl sites for hydroxylation is 2. The highest BCUT2D eigenvalue weighted by Crippen LogP contribution is 2.40. The fourth-order valence-electron chi connectivity index (χ4n) is 3.90. The van der Waals surface area contributed by atoms with E-state index in [1.54, 1.807) is 31.1 Å². The maximum atomic E-state index is 13.5. The average Bonchev–Trinajstić information content (AvgIpc) is 3.24. The Morgan fingerprint density at radius 2 is 1.87 bits per heavy atom. The molecule has 3 rings (SSSR count). The molecule has 1 amide bonds. The van der Waals surface area contributed by atoms with Gasteiger partial charge in [0.1, 0.15) is 5.75 Å². The zero-order valence-electron chi connectivity index (χ0n) is 18.6. The van der Waals surface area contributed by atoms with Gasteiger partial charge in [-0.1, -0.05) is 26.0 Å². The molecule has 1 aliphatic rings. The van der Waals surface area contributed by atoms with Gasteiger partial charge in [-0.3, -0.25) is 9.59 Å². The molecule has 1 aromatic carbocycles. The number of rotatable bonds is 9. The van der Waals surface area contributed by atoms with E-state index in [1.807, 2.05) is 19.1 Å². The van der Waals surface area contributed by atoms with Crippen LogP contribution in [0.25, 0.3) is 0 Å². The van der Waals surface area contributed by atoms with Crippen LogP contribution in [0.5, 0.6) is 5.75 Å². The molecule has 7 nitrogen and oxygen atoms in total. The van der Waals surface area contributed by atoms with Gasteiger partial charge in [-0.05, 0) is 44.6 Å². The summed E-state index contributed by atoms with van der Waals surface area (Å²) >= 11 is 1.28. The quantitative estimate of drug-likeness (QED) is 0.595. The van der Waals surface area contributed by atoms with E-state index in [0.717, 1.165) is 23.7 Å². The fourth-order valence-corrected chi connectivity index (χ4v) is 4.78. The Labute approximate surface area is 187 Å². The average molecular weight is 444 g/mol. The zero-order valence-corrected chi connectivity index (χ0v) is 19.5. The number of methoxy groups -OCH3 is 1. The van der Waals surface area contributed by atoms with Crippen LogP contribution in [-0.4, -0.2) is 64.9 Å². The van der Waals surface area contributed by atoms with Gasteiger partial charge >= 0.3 is 0 Å². The van der Waals surface area contributed by atoms with Crippen LogP contribution in [0.1, 0.15) is 45.8 Å². The molecule has 2 heterocycles. The lowest BCUT2D eigenvalue weighted by molar-refractivity contribution is -0.129. The minimum Gasteiger partial charge on any atom is -0.503 e. The van der Waals surface area contributed by atoms with Crippen molar-refractivity contribution in [3.05, 3.63) is 56.7 Å². The van der Waals surface area contributed by atoms with Gasteiger partial charge in [0.05, 0.1) is 34.3 Å². The number of hydrogen-bond donors (Lipinski definition) is 1. The van der Waals surface area contributed by atoms with E-state index in [2.05, 4.69) is 23.7 Å². The van der Waals surface area contributed by atoms with Crippen molar-refractivity contribution in [1.82, 2.24) is 14.8 Å². The Balaban J connectivity index is 2.04. The van der Waals surface area contributed by atoms with Gasteiger partial charge in [-0.15, -0.1) is 11.3 Å². The Kier molecular flexibility index (Phi) is 7.12. The molecule has 31 heavy (non-hydrogen) atoms. The molecule has 2 aromatic rings. The summed E-state index contributed by atoms with van der Waals surface area (Å²) in [5, 5.41) is 11.6. The van der Waals surface area contributed by atoms with Crippen LogP contribution in [0, 0.1) is 13.8 Å². The summed E-state index contributed by atoms with van der Waals surface area (Å²) in [5.41, 5.74) is 1.47. The topological polar surface area (TPSA) is 83.0 Å². The van der Waals surface area contributed by atoms with E-state index in [9.17, 15) is 14.7 Å². The number of carbonyl (C=O) groups excluding carboxylic acids is 2. The highest BCUT2D eigenvalue weighted by molar-refractivity contribution is 7.14. The molecule has 0 unspecified atom stereocenters. The highest BCUT2D eigenvalue weighted by atomic mass is 32.1. The van der Waals surface area contributed by atoms with Gasteiger partial charge in [-0.25, -0.2) is 4.98 Å². The normalized spacial score (nSPS) is 16.5. The smallest absolute Gasteiger partial charge is 0.290 e. The Bertz CT molecular complexity index is 993. The third-order valence-corrected chi connectivity index (χ3v) is 6.71. The van der Waals surface area contributed by atoms with Crippen molar-refractivity contribution >= 4 is 23.0 Å². The second-order valence-corrected chi connectivity index (χ2v) is 8.64. The van der Waals surface area contributed by atoms with Crippen molar-refractivity contribution in [2.45, 2.75) is 33.7 Å². The first-order valence-electron chi connectivity index (χ1n) is 10.4.